The average Bonchev–Trinajstić information content (AvgIpc) is 2.73. The number of carbonyl (C=O) groups excluding carboxylic acids is 2. The molecule has 0 aromatic heterocycles. The predicted molar refractivity (Wildman–Crippen MR) is 115 cm³/mol. The highest BCUT2D eigenvalue weighted by Crippen LogP contribution is 2.11. The Hall–Kier alpha value is -3.44. The highest BCUT2D eigenvalue weighted by molar-refractivity contribution is 7.89. The summed E-state index contributed by atoms with van der Waals surface area (Å²) in [6.45, 7) is 1.68. The highest BCUT2D eigenvalue weighted by Gasteiger charge is 2.27. The Labute approximate surface area is 185 Å². The van der Waals surface area contributed by atoms with E-state index in [1.807, 2.05) is 0 Å². The molecule has 2 aromatic carbocycles. The molecule has 172 valence electrons. The third-order valence-electron chi connectivity index (χ3n) is 4.47. The van der Waals surface area contributed by atoms with Crippen LogP contribution >= 0.6 is 0 Å². The smallest absolute Gasteiger partial charge is 0.407 e. The maximum atomic E-state index is 12.9. The molecule has 0 radical (unpaired) electrons. The molecule has 11 heteroatoms. The van der Waals surface area contributed by atoms with Crippen molar-refractivity contribution in [3.63, 3.8) is 0 Å². The number of alkyl carbamates (subject to hydrolysis) is 1. The van der Waals surface area contributed by atoms with E-state index < -0.39 is 40.1 Å². The van der Waals surface area contributed by atoms with Gasteiger partial charge in [0.25, 0.3) is 0 Å². The normalized spacial score (nSPS) is 12.9. The lowest BCUT2D eigenvalue weighted by Gasteiger charge is -2.21. The Kier molecular flexibility index (Phi) is 8.73. The molecule has 0 spiro atoms. The second-order valence-electron chi connectivity index (χ2n) is 6.90. The Balaban J connectivity index is 2.19. The Morgan fingerprint density at radius 3 is 2.03 bits per heavy atom. The molecule has 5 N–H and O–H groups in total. The molecule has 0 aliphatic rings. The molecule has 0 heterocycles. The van der Waals surface area contributed by atoms with Crippen molar-refractivity contribution in [3.05, 3.63) is 65.7 Å². The SMILES string of the molecule is CCOC(=O)N[C@@H](Cc1ccc(S(N)(=O)=O)cc1)C(=O)N[C@@H](Cc1ccccc1)C(=O)O. The van der Waals surface area contributed by atoms with Crippen molar-refractivity contribution in [2.75, 3.05) is 6.61 Å². The molecular formula is C21H25N3O7S. The molecular weight excluding hydrogens is 438 g/mol. The molecule has 0 saturated carbocycles. The van der Waals surface area contributed by atoms with E-state index in [4.69, 9.17) is 9.88 Å². The first-order valence-electron chi connectivity index (χ1n) is 9.72. The lowest BCUT2D eigenvalue weighted by atomic mass is 10.0. The van der Waals surface area contributed by atoms with Crippen LogP contribution in [-0.2, 0) is 37.2 Å². The molecule has 0 aliphatic carbocycles. The second kappa shape index (κ2) is 11.3. The van der Waals surface area contributed by atoms with Crippen molar-refractivity contribution in [1.82, 2.24) is 10.6 Å². The third kappa shape index (κ3) is 7.67. The number of carbonyl (C=O) groups is 3. The fraction of sp³-hybridized carbons (Fsp3) is 0.286. The number of benzene rings is 2. The van der Waals surface area contributed by atoms with Crippen LogP contribution < -0.4 is 15.8 Å². The molecule has 2 rings (SSSR count). The Bertz CT molecular complexity index is 1040. The molecule has 0 unspecified atom stereocenters. The van der Waals surface area contributed by atoms with E-state index in [0.717, 1.165) is 0 Å². The van der Waals surface area contributed by atoms with Gasteiger partial charge in [0.05, 0.1) is 11.5 Å². The molecule has 2 aromatic rings. The van der Waals surface area contributed by atoms with E-state index in [2.05, 4.69) is 10.6 Å². The maximum Gasteiger partial charge on any atom is 0.407 e. The molecule has 0 fully saturated rings. The number of carboxylic acids is 1. The van der Waals surface area contributed by atoms with E-state index in [1.165, 1.54) is 24.3 Å². The van der Waals surface area contributed by atoms with Gasteiger partial charge in [-0.15, -0.1) is 0 Å². The first-order chi connectivity index (χ1) is 15.1. The standard InChI is InChI=1S/C21H25N3O7S/c1-2-31-21(28)24-17(12-15-8-10-16(11-9-15)32(22,29)30)19(25)23-18(20(26)27)13-14-6-4-3-5-7-14/h3-11,17-18H,2,12-13H2,1H3,(H,23,25)(H,24,28)(H,26,27)(H2,22,29,30)/t17-,18-/m0/s1. The van der Waals surface area contributed by atoms with Crippen LogP contribution in [0.3, 0.4) is 0 Å². The number of sulfonamides is 1. The van der Waals surface area contributed by atoms with Crippen LogP contribution in [0.25, 0.3) is 0 Å². The lowest BCUT2D eigenvalue weighted by Crippen LogP contribution is -2.53. The number of hydrogen-bond donors (Lipinski definition) is 4. The molecule has 32 heavy (non-hydrogen) atoms. The number of hydrogen-bond acceptors (Lipinski definition) is 6. The van der Waals surface area contributed by atoms with Gasteiger partial charge in [0.15, 0.2) is 0 Å². The summed E-state index contributed by atoms with van der Waals surface area (Å²) in [5.74, 6) is -1.95. The Morgan fingerprint density at radius 1 is 0.938 bits per heavy atom. The average molecular weight is 464 g/mol. The zero-order chi connectivity index (χ0) is 23.7. The van der Waals surface area contributed by atoms with Crippen LogP contribution in [0.2, 0.25) is 0 Å². The van der Waals surface area contributed by atoms with Crippen molar-refractivity contribution in [2.45, 2.75) is 36.7 Å². The molecule has 2 atom stereocenters. The number of primary sulfonamides is 1. The number of carboxylic acid groups (broad SMARTS) is 1. The summed E-state index contributed by atoms with van der Waals surface area (Å²) >= 11 is 0. The summed E-state index contributed by atoms with van der Waals surface area (Å²) < 4.78 is 27.7. The van der Waals surface area contributed by atoms with Crippen LogP contribution in [0.1, 0.15) is 18.1 Å². The van der Waals surface area contributed by atoms with Gasteiger partial charge in [0, 0.05) is 12.8 Å². The third-order valence-corrected chi connectivity index (χ3v) is 5.40. The number of ether oxygens (including phenoxy) is 1. The fourth-order valence-corrected chi connectivity index (χ4v) is 3.41. The zero-order valence-electron chi connectivity index (χ0n) is 17.4. The predicted octanol–water partition coefficient (Wildman–Crippen LogP) is 0.803. The number of aliphatic carboxylic acids is 1. The maximum absolute atomic E-state index is 12.9. The monoisotopic (exact) mass is 463 g/mol. The van der Waals surface area contributed by atoms with Gasteiger partial charge in [0.2, 0.25) is 15.9 Å². The highest BCUT2D eigenvalue weighted by atomic mass is 32.2. The first-order valence-corrected chi connectivity index (χ1v) is 11.3. The number of rotatable bonds is 10. The quantitative estimate of drug-likeness (QED) is 0.405. The van der Waals surface area contributed by atoms with E-state index in [1.54, 1.807) is 37.3 Å². The van der Waals surface area contributed by atoms with Gasteiger partial charge >= 0.3 is 12.1 Å². The van der Waals surface area contributed by atoms with Crippen molar-refractivity contribution < 1.29 is 32.6 Å². The van der Waals surface area contributed by atoms with Crippen molar-refractivity contribution in [3.8, 4) is 0 Å². The molecule has 0 saturated heterocycles. The van der Waals surface area contributed by atoms with Gasteiger partial charge in [-0.3, -0.25) is 4.79 Å². The molecule has 0 aliphatic heterocycles. The van der Waals surface area contributed by atoms with Crippen LogP contribution in [0.15, 0.2) is 59.5 Å². The van der Waals surface area contributed by atoms with E-state index >= 15 is 0 Å². The summed E-state index contributed by atoms with van der Waals surface area (Å²) in [7, 11) is -3.88. The number of amides is 2. The van der Waals surface area contributed by atoms with E-state index in [9.17, 15) is 27.9 Å². The summed E-state index contributed by atoms with van der Waals surface area (Å²) in [6.07, 6.45) is -0.826. The first kappa shape index (κ1) is 24.8. The van der Waals surface area contributed by atoms with Gasteiger partial charge < -0.3 is 20.5 Å². The fourth-order valence-electron chi connectivity index (χ4n) is 2.90. The van der Waals surface area contributed by atoms with E-state index in [0.29, 0.717) is 11.1 Å². The van der Waals surface area contributed by atoms with Gasteiger partial charge in [-0.1, -0.05) is 42.5 Å². The van der Waals surface area contributed by atoms with E-state index in [-0.39, 0.29) is 24.3 Å². The van der Waals surface area contributed by atoms with Crippen molar-refractivity contribution in [1.29, 1.82) is 0 Å². The topological polar surface area (TPSA) is 165 Å². The van der Waals surface area contributed by atoms with Crippen LogP contribution in [0.4, 0.5) is 4.79 Å². The number of nitrogens with one attached hydrogen (secondary N) is 2. The molecule has 0 bridgehead atoms. The van der Waals surface area contributed by atoms with Gasteiger partial charge in [-0.25, -0.2) is 23.1 Å². The minimum absolute atomic E-state index is 0.0345. The minimum atomic E-state index is -3.88. The lowest BCUT2D eigenvalue weighted by molar-refractivity contribution is -0.142. The summed E-state index contributed by atoms with van der Waals surface area (Å²) in [6, 6.07) is 11.9. The van der Waals surface area contributed by atoms with Gasteiger partial charge in [-0.2, -0.15) is 0 Å². The van der Waals surface area contributed by atoms with Gasteiger partial charge in [0.1, 0.15) is 12.1 Å². The minimum Gasteiger partial charge on any atom is -0.480 e. The van der Waals surface area contributed by atoms with Crippen LogP contribution in [-0.4, -0.2) is 50.2 Å². The summed E-state index contributed by atoms with van der Waals surface area (Å²) in [5, 5.41) is 19.5. The summed E-state index contributed by atoms with van der Waals surface area (Å²) in [5.41, 5.74) is 1.23. The summed E-state index contributed by atoms with van der Waals surface area (Å²) in [4.78, 5) is 36.4. The van der Waals surface area contributed by atoms with Crippen molar-refractivity contribution in [2.24, 2.45) is 5.14 Å². The largest absolute Gasteiger partial charge is 0.480 e. The van der Waals surface area contributed by atoms with Crippen LogP contribution in [0, 0.1) is 0 Å². The molecule has 2 amide bonds. The van der Waals surface area contributed by atoms with Crippen LogP contribution in [0.5, 0.6) is 0 Å². The zero-order valence-corrected chi connectivity index (χ0v) is 18.2. The number of nitrogens with two attached hydrogens (primary N) is 1. The second-order valence-corrected chi connectivity index (χ2v) is 8.46. The Morgan fingerprint density at radius 2 is 1.50 bits per heavy atom. The molecule has 10 nitrogen and oxygen atoms in total. The van der Waals surface area contributed by atoms with Gasteiger partial charge in [-0.05, 0) is 30.2 Å². The van der Waals surface area contributed by atoms with Crippen molar-refractivity contribution >= 4 is 28.0 Å².